The van der Waals surface area contributed by atoms with Crippen molar-refractivity contribution in [2.45, 2.75) is 13.1 Å². The Morgan fingerprint density at radius 1 is 0.562 bits per heavy atom. The summed E-state index contributed by atoms with van der Waals surface area (Å²) in [5.41, 5.74) is 2.72. The van der Waals surface area contributed by atoms with Crippen molar-refractivity contribution in [2.75, 3.05) is 0 Å². The second kappa shape index (κ2) is 11.9. The van der Waals surface area contributed by atoms with E-state index in [1.54, 1.807) is 0 Å². The molecule has 0 aliphatic heterocycles. The van der Waals surface area contributed by atoms with Crippen molar-refractivity contribution in [3.05, 3.63) is 126 Å². The minimum absolute atomic E-state index is 1.03. The van der Waals surface area contributed by atoms with Crippen LogP contribution in [0.25, 0.3) is 0 Å². The predicted molar refractivity (Wildman–Crippen MR) is 143 cm³/mol. The zero-order chi connectivity index (χ0) is 23.0. The first-order valence-corrected chi connectivity index (χ1v) is 18.0. The number of aryl methyl sites for hydroxylation is 1. The van der Waals surface area contributed by atoms with Gasteiger partial charge in [-0.3, -0.25) is 0 Å². The van der Waals surface area contributed by atoms with Gasteiger partial charge in [0.15, 0.2) is 0 Å². The van der Waals surface area contributed by atoms with Gasteiger partial charge in [0, 0.05) is 0 Å². The predicted octanol–water partition coefficient (Wildman–Crippen LogP) is 8.24. The van der Waals surface area contributed by atoms with Gasteiger partial charge in [0.2, 0.25) is 0 Å². The summed E-state index contributed by atoms with van der Waals surface area (Å²) in [5.74, 6) is 0. The maximum atomic E-state index is 4.95. The summed E-state index contributed by atoms with van der Waals surface area (Å²) in [6, 6.07) is 42.2. The zero-order valence-electron chi connectivity index (χ0n) is 17.5. The van der Waals surface area contributed by atoms with Gasteiger partial charge in [-0.15, -0.1) is 0 Å². The van der Waals surface area contributed by atoms with Crippen molar-refractivity contribution >= 4 is 63.6 Å². The Morgan fingerprint density at radius 3 is 1.28 bits per heavy atom. The van der Waals surface area contributed by atoms with Gasteiger partial charge >= 0.3 is 49.6 Å². The van der Waals surface area contributed by atoms with Crippen LogP contribution in [0, 0.1) is 6.92 Å². The average Bonchev–Trinajstić information content (AvgIpc) is 2.78. The van der Waals surface area contributed by atoms with E-state index in [4.69, 9.17) is 40.4 Å². The number of halogens is 4. The third kappa shape index (κ3) is 7.24. The van der Waals surface area contributed by atoms with Gasteiger partial charge in [0.1, 0.15) is 23.2 Å². The van der Waals surface area contributed by atoms with E-state index in [-0.39, 0.29) is 0 Å². The number of rotatable bonds is 5. The molecule has 0 aliphatic rings. The Bertz CT molecular complexity index is 998. The molecule has 4 aromatic carbocycles. The Balaban J connectivity index is 0.000000523. The van der Waals surface area contributed by atoms with Crippen LogP contribution in [0.15, 0.2) is 115 Å². The van der Waals surface area contributed by atoms with Gasteiger partial charge in [0.05, 0.1) is 6.16 Å². The minimum atomic E-state index is -2.61. The molecule has 32 heavy (non-hydrogen) atoms. The quantitative estimate of drug-likeness (QED) is 0.169. The molecule has 4 rings (SSSR count). The molecule has 0 aromatic heterocycles. The third-order valence-corrected chi connectivity index (χ3v) is 9.47. The summed E-state index contributed by atoms with van der Waals surface area (Å²) >= 11 is 0. The normalized spacial score (nSPS) is 11.9. The second-order valence-electron chi connectivity index (χ2n) is 7.27. The Morgan fingerprint density at radius 2 is 0.938 bits per heavy atom. The van der Waals surface area contributed by atoms with E-state index in [2.05, 4.69) is 122 Å². The molecule has 6 heteroatoms. The summed E-state index contributed by atoms with van der Waals surface area (Å²) in [6.07, 6.45) is 1.03. The molecule has 169 valence electrons. The van der Waals surface area contributed by atoms with Crippen molar-refractivity contribution in [3.8, 4) is 0 Å². The topological polar surface area (TPSA) is 0 Å². The van der Waals surface area contributed by atoms with E-state index in [9.17, 15) is 0 Å². The fraction of sp³-hybridized carbons (Fsp3) is 0.0769. The molecule has 0 amide bonds. The SMILES string of the molecule is Cc1cccc(C[P+](c2ccccc2)(c2ccccc2)c2ccccc2)c1.[Cl][Fe-]([Cl])([Cl])[Cl]. The van der Waals surface area contributed by atoms with Crippen molar-refractivity contribution in [1.82, 2.24) is 0 Å². The van der Waals surface area contributed by atoms with Crippen LogP contribution < -0.4 is 15.9 Å². The van der Waals surface area contributed by atoms with E-state index >= 15 is 0 Å². The summed E-state index contributed by atoms with van der Waals surface area (Å²) < 4.78 is 0. The van der Waals surface area contributed by atoms with Gasteiger partial charge in [0.25, 0.3) is 0 Å². The third-order valence-electron chi connectivity index (χ3n) is 5.09. The van der Waals surface area contributed by atoms with Crippen molar-refractivity contribution < 1.29 is 9.20 Å². The number of hydrogen-bond donors (Lipinski definition) is 0. The van der Waals surface area contributed by atoms with Crippen LogP contribution >= 0.6 is 47.7 Å². The first-order chi connectivity index (χ1) is 15.3. The van der Waals surface area contributed by atoms with Crippen LogP contribution in [-0.4, -0.2) is 0 Å². The van der Waals surface area contributed by atoms with Crippen LogP contribution in [0.4, 0.5) is 0 Å². The standard InChI is InChI=1S/C26H24P.4ClH.Fe/c1-22-12-11-13-23(20-22)21-27(24-14-5-2-6-15-24,25-16-7-3-8-17-25)26-18-9-4-10-19-26;;;;;/h2-20H,21H2,1H3;4*1H;/q+1;;;;;+3/p-4. The molecule has 4 aromatic rings. The van der Waals surface area contributed by atoms with Crippen LogP contribution in [0.3, 0.4) is 0 Å². The zero-order valence-corrected chi connectivity index (χ0v) is 22.5. The summed E-state index contributed by atoms with van der Waals surface area (Å²) in [7, 11) is 15.4. The molecule has 0 spiro atoms. The molecule has 0 fully saturated rings. The second-order valence-corrected chi connectivity index (χ2v) is 21.7. The van der Waals surface area contributed by atoms with Crippen LogP contribution in [0.2, 0.25) is 0 Å². The summed E-state index contributed by atoms with van der Waals surface area (Å²) in [6.45, 7) is 2.18. The molecule has 0 saturated heterocycles. The van der Waals surface area contributed by atoms with E-state index in [0.29, 0.717) is 0 Å². The molecule has 0 unspecified atom stereocenters. The van der Waals surface area contributed by atoms with Gasteiger partial charge < -0.3 is 0 Å². The van der Waals surface area contributed by atoms with Gasteiger partial charge in [-0.1, -0.05) is 84.4 Å². The molecular formula is C26H24Cl4FeP. The molecule has 0 atom stereocenters. The maximum absolute atomic E-state index is 4.95. The molecule has 0 N–H and O–H groups in total. The average molecular weight is 565 g/mol. The number of hydrogen-bond acceptors (Lipinski definition) is 0. The Labute approximate surface area is 211 Å². The van der Waals surface area contributed by atoms with Crippen LogP contribution in [0.1, 0.15) is 11.1 Å². The molecule has 0 nitrogen and oxygen atoms in total. The van der Waals surface area contributed by atoms with E-state index < -0.39 is 16.5 Å². The first kappa shape index (κ1) is 25.6. The van der Waals surface area contributed by atoms with Crippen LogP contribution in [-0.2, 0) is 15.4 Å². The van der Waals surface area contributed by atoms with E-state index in [0.717, 1.165) is 6.16 Å². The van der Waals surface area contributed by atoms with Gasteiger partial charge in [-0.2, -0.15) is 0 Å². The van der Waals surface area contributed by atoms with E-state index in [1.165, 1.54) is 27.0 Å². The molecule has 0 heterocycles. The van der Waals surface area contributed by atoms with E-state index in [1.807, 2.05) is 0 Å². The number of benzene rings is 4. The molecule has 0 radical (unpaired) electrons. The van der Waals surface area contributed by atoms with Crippen molar-refractivity contribution in [1.29, 1.82) is 0 Å². The Hall–Kier alpha value is -1.01. The summed E-state index contributed by atoms with van der Waals surface area (Å²) in [4.78, 5) is 0. The fourth-order valence-electron chi connectivity index (χ4n) is 3.85. The van der Waals surface area contributed by atoms with Gasteiger partial charge in [-0.25, -0.2) is 0 Å². The molecular weight excluding hydrogens is 541 g/mol. The Kier molecular flexibility index (Phi) is 9.54. The first-order valence-electron chi connectivity index (χ1n) is 9.93. The summed E-state index contributed by atoms with van der Waals surface area (Å²) in [5, 5.41) is 4.30. The monoisotopic (exact) mass is 563 g/mol. The van der Waals surface area contributed by atoms with Crippen molar-refractivity contribution in [3.63, 3.8) is 0 Å². The molecule has 0 saturated carbocycles. The van der Waals surface area contributed by atoms with Crippen molar-refractivity contribution in [2.24, 2.45) is 0 Å². The van der Waals surface area contributed by atoms with Gasteiger partial charge in [-0.05, 0) is 48.9 Å². The van der Waals surface area contributed by atoms with Crippen LogP contribution in [0.5, 0.6) is 0 Å². The molecule has 0 bridgehead atoms. The fourth-order valence-corrected chi connectivity index (χ4v) is 8.08. The molecule has 0 aliphatic carbocycles.